The Labute approximate surface area is 146 Å². The highest BCUT2D eigenvalue weighted by Gasteiger charge is 2.45. The van der Waals surface area contributed by atoms with Gasteiger partial charge in [-0.1, -0.05) is 6.07 Å². The molecule has 1 aliphatic carbocycles. The van der Waals surface area contributed by atoms with Gasteiger partial charge in [-0.05, 0) is 42.9 Å². The van der Waals surface area contributed by atoms with Crippen LogP contribution < -0.4 is 4.90 Å². The summed E-state index contributed by atoms with van der Waals surface area (Å²) in [6.07, 6.45) is 4.61. The molecule has 2 aromatic rings. The summed E-state index contributed by atoms with van der Waals surface area (Å²) in [6, 6.07) is 8.36. The summed E-state index contributed by atoms with van der Waals surface area (Å²) in [4.78, 5) is 18.2. The molecule has 6 heteroatoms. The van der Waals surface area contributed by atoms with Gasteiger partial charge in [-0.25, -0.2) is 9.78 Å². The predicted octanol–water partition coefficient (Wildman–Crippen LogP) is 2.44. The molecule has 1 saturated heterocycles. The standard InChI is InChI=1S/C19H20N4O2/c1-2-25-19(24)18-11-22(12-21-18)8-13-3-4-17(6-14(13)7-20)23-9-15-5-16(15)10-23/h3-4,6,11-12,15-16H,2,5,8-10H2,1H3. The van der Waals surface area contributed by atoms with Crippen molar-refractivity contribution in [2.24, 2.45) is 11.8 Å². The maximum absolute atomic E-state index is 11.7. The first-order valence-corrected chi connectivity index (χ1v) is 8.64. The maximum atomic E-state index is 11.7. The molecule has 128 valence electrons. The van der Waals surface area contributed by atoms with E-state index >= 15 is 0 Å². The highest BCUT2D eigenvalue weighted by atomic mass is 16.5. The number of ether oxygens (including phenoxy) is 1. The minimum atomic E-state index is -0.426. The van der Waals surface area contributed by atoms with E-state index in [1.165, 1.54) is 6.42 Å². The number of nitriles is 1. The average Bonchev–Trinajstić information content (AvgIpc) is 3.02. The molecular weight excluding hydrogens is 316 g/mol. The second kappa shape index (κ2) is 6.25. The lowest BCUT2D eigenvalue weighted by molar-refractivity contribution is 0.0520. The number of nitrogens with zero attached hydrogens (tertiary/aromatic N) is 4. The van der Waals surface area contributed by atoms with Crippen LogP contribution in [0.15, 0.2) is 30.7 Å². The molecule has 2 heterocycles. The molecule has 2 unspecified atom stereocenters. The Morgan fingerprint density at radius 3 is 2.92 bits per heavy atom. The third-order valence-electron chi connectivity index (χ3n) is 5.03. The Morgan fingerprint density at radius 1 is 1.40 bits per heavy atom. The van der Waals surface area contributed by atoms with Gasteiger partial charge in [-0.3, -0.25) is 0 Å². The van der Waals surface area contributed by atoms with Crippen molar-refractivity contribution in [2.75, 3.05) is 24.6 Å². The Hall–Kier alpha value is -2.81. The predicted molar refractivity (Wildman–Crippen MR) is 92.3 cm³/mol. The number of carbonyl (C=O) groups is 1. The molecule has 2 fully saturated rings. The third-order valence-corrected chi connectivity index (χ3v) is 5.03. The Kier molecular flexibility index (Phi) is 3.92. The molecule has 1 aromatic carbocycles. The van der Waals surface area contributed by atoms with E-state index in [1.54, 1.807) is 24.0 Å². The number of rotatable bonds is 5. The van der Waals surface area contributed by atoms with Crippen LogP contribution in [-0.2, 0) is 11.3 Å². The molecule has 0 bridgehead atoms. The lowest BCUT2D eigenvalue weighted by Gasteiger charge is -2.21. The van der Waals surface area contributed by atoms with Crippen molar-refractivity contribution in [3.05, 3.63) is 47.5 Å². The van der Waals surface area contributed by atoms with Crippen molar-refractivity contribution in [3.8, 4) is 6.07 Å². The van der Waals surface area contributed by atoms with Crippen LogP contribution in [0.25, 0.3) is 0 Å². The Morgan fingerprint density at radius 2 is 2.20 bits per heavy atom. The number of piperidine rings is 1. The van der Waals surface area contributed by atoms with E-state index in [9.17, 15) is 10.1 Å². The van der Waals surface area contributed by atoms with Crippen LogP contribution in [0, 0.1) is 23.2 Å². The maximum Gasteiger partial charge on any atom is 0.358 e. The van der Waals surface area contributed by atoms with E-state index in [2.05, 4.69) is 22.0 Å². The number of benzene rings is 1. The van der Waals surface area contributed by atoms with Gasteiger partial charge in [-0.2, -0.15) is 5.26 Å². The first-order chi connectivity index (χ1) is 12.2. The quantitative estimate of drug-likeness (QED) is 0.784. The zero-order valence-electron chi connectivity index (χ0n) is 14.2. The fraction of sp³-hybridized carbons (Fsp3) is 0.421. The van der Waals surface area contributed by atoms with Crippen LogP contribution >= 0.6 is 0 Å². The molecule has 0 N–H and O–H groups in total. The summed E-state index contributed by atoms with van der Waals surface area (Å²) in [5.74, 6) is 1.29. The van der Waals surface area contributed by atoms with Crippen molar-refractivity contribution < 1.29 is 9.53 Å². The molecular formula is C19H20N4O2. The van der Waals surface area contributed by atoms with Gasteiger partial charge >= 0.3 is 5.97 Å². The summed E-state index contributed by atoms with van der Waals surface area (Å²) in [5, 5.41) is 9.52. The average molecular weight is 336 g/mol. The molecule has 1 aromatic heterocycles. The van der Waals surface area contributed by atoms with Gasteiger partial charge in [0.2, 0.25) is 0 Å². The number of aromatic nitrogens is 2. The van der Waals surface area contributed by atoms with Crippen molar-refractivity contribution >= 4 is 11.7 Å². The summed E-state index contributed by atoms with van der Waals surface area (Å²) < 4.78 is 6.75. The van der Waals surface area contributed by atoms with Gasteiger partial charge in [0.1, 0.15) is 0 Å². The minimum Gasteiger partial charge on any atom is -0.461 e. The Balaban J connectivity index is 1.50. The lowest BCUT2D eigenvalue weighted by Crippen LogP contribution is -2.21. The topological polar surface area (TPSA) is 71.2 Å². The molecule has 2 aliphatic rings. The molecule has 0 radical (unpaired) electrons. The van der Waals surface area contributed by atoms with Gasteiger partial charge in [0.05, 0.1) is 24.6 Å². The molecule has 0 amide bonds. The summed E-state index contributed by atoms with van der Waals surface area (Å²) in [5.41, 5.74) is 3.01. The molecule has 4 rings (SSSR count). The third kappa shape index (κ3) is 3.10. The van der Waals surface area contributed by atoms with Gasteiger partial charge in [0.15, 0.2) is 5.69 Å². The van der Waals surface area contributed by atoms with Crippen LogP contribution in [0.2, 0.25) is 0 Å². The van der Waals surface area contributed by atoms with E-state index in [-0.39, 0.29) is 5.69 Å². The normalized spacial score (nSPS) is 20.9. The molecule has 2 atom stereocenters. The number of hydrogen-bond acceptors (Lipinski definition) is 5. The van der Waals surface area contributed by atoms with Crippen LogP contribution in [0.5, 0.6) is 0 Å². The van der Waals surface area contributed by atoms with Crippen molar-refractivity contribution in [1.29, 1.82) is 5.26 Å². The van der Waals surface area contributed by atoms with Crippen molar-refractivity contribution in [2.45, 2.75) is 19.9 Å². The summed E-state index contributed by atoms with van der Waals surface area (Å²) >= 11 is 0. The zero-order chi connectivity index (χ0) is 17.4. The SMILES string of the molecule is CCOC(=O)c1cn(Cc2ccc(N3CC4CC4C3)cc2C#N)cn1. The smallest absolute Gasteiger partial charge is 0.358 e. The molecule has 6 nitrogen and oxygen atoms in total. The van der Waals surface area contributed by atoms with Crippen LogP contribution in [0.3, 0.4) is 0 Å². The summed E-state index contributed by atoms with van der Waals surface area (Å²) in [6.45, 7) is 4.81. The van der Waals surface area contributed by atoms with E-state index in [4.69, 9.17) is 4.74 Å². The Bertz CT molecular complexity index is 841. The van der Waals surface area contributed by atoms with E-state index in [0.717, 1.165) is 36.2 Å². The fourth-order valence-electron chi connectivity index (χ4n) is 3.57. The van der Waals surface area contributed by atoms with Gasteiger partial charge in [0, 0.05) is 31.5 Å². The fourth-order valence-corrected chi connectivity index (χ4v) is 3.57. The van der Waals surface area contributed by atoms with E-state index in [1.807, 2.05) is 12.1 Å². The second-order valence-electron chi connectivity index (χ2n) is 6.77. The molecule has 1 saturated carbocycles. The van der Waals surface area contributed by atoms with Crippen LogP contribution in [0.4, 0.5) is 5.69 Å². The second-order valence-corrected chi connectivity index (χ2v) is 6.77. The highest BCUT2D eigenvalue weighted by Crippen LogP contribution is 2.46. The zero-order valence-corrected chi connectivity index (χ0v) is 14.2. The number of fused-ring (bicyclic) bond motifs is 1. The highest BCUT2D eigenvalue weighted by molar-refractivity contribution is 5.86. The number of carbonyl (C=O) groups excluding carboxylic acids is 1. The van der Waals surface area contributed by atoms with Crippen LogP contribution in [0.1, 0.15) is 35.0 Å². The summed E-state index contributed by atoms with van der Waals surface area (Å²) in [7, 11) is 0. The first-order valence-electron chi connectivity index (χ1n) is 8.64. The molecule has 25 heavy (non-hydrogen) atoms. The lowest BCUT2D eigenvalue weighted by atomic mass is 10.1. The monoisotopic (exact) mass is 336 g/mol. The van der Waals surface area contributed by atoms with Gasteiger partial charge in [-0.15, -0.1) is 0 Å². The number of anilines is 1. The van der Waals surface area contributed by atoms with Crippen LogP contribution in [-0.4, -0.2) is 35.2 Å². The van der Waals surface area contributed by atoms with Gasteiger partial charge in [0.25, 0.3) is 0 Å². The van der Waals surface area contributed by atoms with Crippen molar-refractivity contribution in [3.63, 3.8) is 0 Å². The van der Waals surface area contributed by atoms with E-state index in [0.29, 0.717) is 18.7 Å². The minimum absolute atomic E-state index is 0.285. The number of hydrogen-bond donors (Lipinski definition) is 0. The molecule has 1 aliphatic heterocycles. The van der Waals surface area contributed by atoms with Crippen molar-refractivity contribution in [1.82, 2.24) is 9.55 Å². The van der Waals surface area contributed by atoms with E-state index < -0.39 is 5.97 Å². The number of imidazole rings is 1. The molecule has 0 spiro atoms. The first kappa shape index (κ1) is 15.7. The number of esters is 1. The largest absolute Gasteiger partial charge is 0.461 e. The van der Waals surface area contributed by atoms with Gasteiger partial charge < -0.3 is 14.2 Å².